The second kappa shape index (κ2) is 5.10. The summed E-state index contributed by atoms with van der Waals surface area (Å²) in [6.07, 6.45) is 5.75. The Morgan fingerprint density at radius 2 is 2.23 bits per heavy atom. The van der Waals surface area contributed by atoms with Gasteiger partial charge in [0.05, 0.1) is 32.8 Å². The number of quaternary nitrogens is 1. The molecule has 0 bridgehead atoms. The van der Waals surface area contributed by atoms with Gasteiger partial charge in [0.15, 0.2) is 0 Å². The van der Waals surface area contributed by atoms with E-state index in [9.17, 15) is 5.11 Å². The first-order valence-corrected chi connectivity index (χ1v) is 8.70. The van der Waals surface area contributed by atoms with Gasteiger partial charge in [0.2, 0.25) is 0 Å². The second-order valence-electron chi connectivity index (χ2n) is 7.63. The van der Waals surface area contributed by atoms with Crippen molar-refractivity contribution < 1.29 is 9.59 Å². The summed E-state index contributed by atoms with van der Waals surface area (Å²) < 4.78 is 1.12. The normalized spacial score (nSPS) is 33.9. The van der Waals surface area contributed by atoms with Crippen molar-refractivity contribution in [1.82, 2.24) is 4.98 Å². The van der Waals surface area contributed by atoms with Gasteiger partial charge in [-0.1, -0.05) is 19.1 Å². The molecule has 3 nitrogen and oxygen atoms in total. The predicted molar refractivity (Wildman–Crippen MR) is 89.9 cm³/mol. The Kier molecular flexibility index (Phi) is 3.31. The number of nitrogens with one attached hydrogen (secondary N) is 1. The van der Waals surface area contributed by atoms with Crippen LogP contribution in [-0.4, -0.2) is 47.4 Å². The van der Waals surface area contributed by atoms with Crippen LogP contribution in [0.25, 0.3) is 10.9 Å². The molecule has 1 fully saturated rings. The van der Waals surface area contributed by atoms with Gasteiger partial charge in [-0.3, -0.25) is 0 Å². The van der Waals surface area contributed by atoms with E-state index in [0.717, 1.165) is 17.4 Å². The standard InChI is InChI=1S/C19H27N2O/c1-3-7-21(2)11-13(12-22)8-16-15-5-4-6-17-19(15)14(10-20-17)9-18(16)21/h4-6,10,13,16,18,20,22H,3,7-9,11-12H2,1-2H3/q+1/t13?,16-,18-,21?/m0/s1. The molecule has 2 aliphatic rings. The van der Waals surface area contributed by atoms with Gasteiger partial charge in [0, 0.05) is 35.4 Å². The molecule has 1 aliphatic carbocycles. The maximum Gasteiger partial charge on any atom is 0.0999 e. The number of fused-ring (bicyclic) bond motifs is 2. The lowest BCUT2D eigenvalue weighted by Gasteiger charge is -2.52. The lowest BCUT2D eigenvalue weighted by Crippen LogP contribution is -2.62. The van der Waals surface area contributed by atoms with E-state index in [1.165, 1.54) is 41.4 Å². The summed E-state index contributed by atoms with van der Waals surface area (Å²) in [5.74, 6) is 1.03. The van der Waals surface area contributed by atoms with Crippen molar-refractivity contribution in [2.75, 3.05) is 26.7 Å². The van der Waals surface area contributed by atoms with Crippen LogP contribution >= 0.6 is 0 Å². The van der Waals surface area contributed by atoms with E-state index < -0.39 is 0 Å². The molecular formula is C19H27N2O+. The van der Waals surface area contributed by atoms with Crippen molar-refractivity contribution in [3.8, 4) is 0 Å². The van der Waals surface area contributed by atoms with Crippen molar-refractivity contribution in [2.24, 2.45) is 5.92 Å². The number of piperidine rings is 1. The Balaban J connectivity index is 1.84. The predicted octanol–water partition coefficient (Wildman–Crippen LogP) is 3.05. The van der Waals surface area contributed by atoms with Crippen LogP contribution in [0, 0.1) is 5.92 Å². The maximum absolute atomic E-state index is 9.81. The average molecular weight is 299 g/mol. The third kappa shape index (κ3) is 1.95. The molecule has 0 spiro atoms. The topological polar surface area (TPSA) is 36.0 Å². The average Bonchev–Trinajstić information content (AvgIpc) is 2.93. The highest BCUT2D eigenvalue weighted by Crippen LogP contribution is 2.46. The lowest BCUT2D eigenvalue weighted by molar-refractivity contribution is -0.943. The number of rotatable bonds is 3. The minimum Gasteiger partial charge on any atom is -0.396 e. The van der Waals surface area contributed by atoms with Gasteiger partial charge >= 0.3 is 0 Å². The zero-order valence-corrected chi connectivity index (χ0v) is 13.7. The number of aromatic amines is 1. The number of aliphatic hydroxyl groups is 1. The Morgan fingerprint density at radius 3 is 3.00 bits per heavy atom. The quantitative estimate of drug-likeness (QED) is 0.840. The van der Waals surface area contributed by atoms with E-state index in [-0.39, 0.29) is 0 Å². The smallest absolute Gasteiger partial charge is 0.0999 e. The highest BCUT2D eigenvalue weighted by Gasteiger charge is 2.48. The minimum atomic E-state index is 0.330. The Hall–Kier alpha value is -1.32. The summed E-state index contributed by atoms with van der Waals surface area (Å²) in [6.45, 7) is 4.96. The number of hydrogen-bond donors (Lipinski definition) is 2. The molecule has 4 rings (SSSR count). The Labute approximate surface area is 132 Å². The number of likely N-dealkylation sites (N-methyl/N-ethyl adjacent to an activating group) is 1. The molecule has 1 saturated heterocycles. The molecule has 22 heavy (non-hydrogen) atoms. The van der Waals surface area contributed by atoms with E-state index in [1.807, 2.05) is 0 Å². The van der Waals surface area contributed by atoms with Gasteiger partial charge in [-0.25, -0.2) is 0 Å². The SMILES string of the molecule is CCC[N+]1(C)CC(CO)C[C@H]2c3cccc4[nH]cc(c34)C[C@@H]21. The fourth-order valence-corrected chi connectivity index (χ4v) is 5.33. The first-order valence-electron chi connectivity index (χ1n) is 8.70. The molecule has 1 aromatic heterocycles. The molecule has 4 atom stereocenters. The summed E-state index contributed by atoms with van der Waals surface area (Å²) in [4.78, 5) is 3.46. The molecule has 2 heterocycles. The lowest BCUT2D eigenvalue weighted by atomic mass is 9.71. The molecular weight excluding hydrogens is 272 g/mol. The fourth-order valence-electron chi connectivity index (χ4n) is 5.33. The highest BCUT2D eigenvalue weighted by atomic mass is 16.3. The molecule has 0 amide bonds. The summed E-state index contributed by atoms with van der Waals surface area (Å²) in [5.41, 5.74) is 4.29. The van der Waals surface area contributed by atoms with Gasteiger partial charge in [-0.15, -0.1) is 0 Å². The van der Waals surface area contributed by atoms with Gasteiger partial charge in [-0.05, 0) is 30.0 Å². The van der Waals surface area contributed by atoms with Crippen LogP contribution in [0.15, 0.2) is 24.4 Å². The fraction of sp³-hybridized carbons (Fsp3) is 0.579. The molecule has 2 aromatic rings. The third-order valence-electron chi connectivity index (χ3n) is 6.17. The molecule has 1 aromatic carbocycles. The highest BCUT2D eigenvalue weighted by molar-refractivity contribution is 5.88. The zero-order chi connectivity index (χ0) is 15.3. The van der Waals surface area contributed by atoms with Crippen LogP contribution in [0.2, 0.25) is 0 Å². The number of aliphatic hydroxyl groups excluding tert-OH is 1. The number of hydrogen-bond acceptors (Lipinski definition) is 1. The van der Waals surface area contributed by atoms with Crippen molar-refractivity contribution >= 4 is 10.9 Å². The molecule has 118 valence electrons. The van der Waals surface area contributed by atoms with Gasteiger partial charge in [0.25, 0.3) is 0 Å². The van der Waals surface area contributed by atoms with E-state index >= 15 is 0 Å². The monoisotopic (exact) mass is 299 g/mol. The maximum atomic E-state index is 9.81. The van der Waals surface area contributed by atoms with Gasteiger partial charge < -0.3 is 14.6 Å². The van der Waals surface area contributed by atoms with Gasteiger partial charge in [0.1, 0.15) is 0 Å². The number of H-pyrrole nitrogens is 1. The zero-order valence-electron chi connectivity index (χ0n) is 13.7. The molecule has 2 unspecified atom stereocenters. The van der Waals surface area contributed by atoms with Crippen molar-refractivity contribution in [3.63, 3.8) is 0 Å². The largest absolute Gasteiger partial charge is 0.396 e. The van der Waals surface area contributed by atoms with Crippen LogP contribution in [0.5, 0.6) is 0 Å². The Morgan fingerprint density at radius 1 is 1.36 bits per heavy atom. The van der Waals surface area contributed by atoms with Crippen LogP contribution in [0.3, 0.4) is 0 Å². The summed E-state index contributed by atoms with van der Waals surface area (Å²) in [7, 11) is 2.42. The summed E-state index contributed by atoms with van der Waals surface area (Å²) >= 11 is 0. The molecule has 0 radical (unpaired) electrons. The van der Waals surface area contributed by atoms with Crippen molar-refractivity contribution in [2.45, 2.75) is 38.1 Å². The van der Waals surface area contributed by atoms with Crippen LogP contribution in [0.1, 0.15) is 36.8 Å². The minimum absolute atomic E-state index is 0.330. The summed E-state index contributed by atoms with van der Waals surface area (Å²) in [6, 6.07) is 7.37. The summed E-state index contributed by atoms with van der Waals surface area (Å²) in [5, 5.41) is 11.3. The second-order valence-corrected chi connectivity index (χ2v) is 7.63. The molecule has 3 heteroatoms. The van der Waals surface area contributed by atoms with E-state index in [0.29, 0.717) is 24.5 Å². The van der Waals surface area contributed by atoms with Crippen LogP contribution in [-0.2, 0) is 6.42 Å². The Bertz CT molecular complexity index is 692. The van der Waals surface area contributed by atoms with E-state index in [4.69, 9.17) is 0 Å². The van der Waals surface area contributed by atoms with E-state index in [1.54, 1.807) is 0 Å². The number of benzene rings is 1. The number of likely N-dealkylation sites (tertiary alicyclic amines) is 1. The van der Waals surface area contributed by atoms with E-state index in [2.05, 4.69) is 43.4 Å². The van der Waals surface area contributed by atoms with Crippen molar-refractivity contribution in [3.05, 3.63) is 35.5 Å². The first-order chi connectivity index (χ1) is 10.7. The molecule has 0 saturated carbocycles. The van der Waals surface area contributed by atoms with Gasteiger partial charge in [-0.2, -0.15) is 0 Å². The van der Waals surface area contributed by atoms with Crippen molar-refractivity contribution in [1.29, 1.82) is 0 Å². The van der Waals surface area contributed by atoms with Crippen LogP contribution in [0.4, 0.5) is 0 Å². The third-order valence-corrected chi connectivity index (χ3v) is 6.17. The van der Waals surface area contributed by atoms with Crippen LogP contribution < -0.4 is 0 Å². The first kappa shape index (κ1) is 14.3. The molecule has 2 N–H and O–H groups in total. The molecule has 1 aliphatic heterocycles. The number of nitrogens with zero attached hydrogens (tertiary/aromatic N) is 1. The number of aromatic nitrogens is 1.